The third-order valence-electron chi connectivity index (χ3n) is 3.30. The Kier molecular flexibility index (Phi) is 4.94. The minimum atomic E-state index is -0.359. The Morgan fingerprint density at radius 3 is 2.23 bits per heavy atom. The van der Waals surface area contributed by atoms with Gasteiger partial charge in [-0.15, -0.1) is 0 Å². The molecule has 0 fully saturated rings. The van der Waals surface area contributed by atoms with E-state index in [2.05, 4.69) is 5.32 Å². The predicted molar refractivity (Wildman–Crippen MR) is 86.3 cm³/mol. The summed E-state index contributed by atoms with van der Waals surface area (Å²) >= 11 is 0. The molecule has 2 aromatic carbocycles. The van der Waals surface area contributed by atoms with Crippen LogP contribution in [-0.4, -0.2) is 18.5 Å². The summed E-state index contributed by atoms with van der Waals surface area (Å²) < 4.78 is 4.96. The third kappa shape index (κ3) is 3.73. The molecular weight excluding hydrogens is 278 g/mol. The molecule has 0 bridgehead atoms. The maximum Gasteiger partial charge on any atom is 0.338 e. The number of benzene rings is 2. The number of anilines is 1. The summed E-state index contributed by atoms with van der Waals surface area (Å²) in [6.07, 6.45) is 0. The maximum atomic E-state index is 12.2. The summed E-state index contributed by atoms with van der Waals surface area (Å²) in [6, 6.07) is 12.4. The van der Waals surface area contributed by atoms with Gasteiger partial charge in [0.05, 0.1) is 12.2 Å². The first kappa shape index (κ1) is 15.8. The molecule has 0 aliphatic carbocycles. The number of rotatable bonds is 4. The first-order chi connectivity index (χ1) is 10.5. The zero-order chi connectivity index (χ0) is 16.1. The Labute approximate surface area is 130 Å². The highest BCUT2D eigenvalue weighted by Gasteiger charge is 2.11. The van der Waals surface area contributed by atoms with Gasteiger partial charge in [0, 0.05) is 11.3 Å². The van der Waals surface area contributed by atoms with E-state index < -0.39 is 0 Å². The lowest BCUT2D eigenvalue weighted by Crippen LogP contribution is -2.13. The van der Waals surface area contributed by atoms with Crippen molar-refractivity contribution < 1.29 is 14.3 Å². The molecule has 22 heavy (non-hydrogen) atoms. The highest BCUT2D eigenvalue weighted by atomic mass is 16.5. The van der Waals surface area contributed by atoms with Crippen LogP contribution in [0.25, 0.3) is 0 Å². The lowest BCUT2D eigenvalue weighted by atomic mass is 10.1. The van der Waals surface area contributed by atoms with Crippen LogP contribution in [-0.2, 0) is 4.74 Å². The van der Waals surface area contributed by atoms with Crippen LogP contribution >= 0.6 is 0 Å². The largest absolute Gasteiger partial charge is 0.462 e. The number of hydrogen-bond donors (Lipinski definition) is 1. The molecule has 0 radical (unpaired) electrons. The zero-order valence-corrected chi connectivity index (χ0v) is 13.0. The number of aryl methyl sites for hydroxylation is 2. The van der Waals surface area contributed by atoms with Crippen molar-refractivity contribution >= 4 is 17.6 Å². The molecule has 0 saturated heterocycles. The van der Waals surface area contributed by atoms with Crippen LogP contribution in [0.15, 0.2) is 42.5 Å². The van der Waals surface area contributed by atoms with Gasteiger partial charge >= 0.3 is 5.97 Å². The SMILES string of the molecule is CCOC(=O)c1ccc(NC(=O)c2ccc(C)cc2)c(C)c1. The van der Waals surface area contributed by atoms with Gasteiger partial charge in [-0.05, 0) is 56.7 Å². The Bertz CT molecular complexity index is 690. The predicted octanol–water partition coefficient (Wildman–Crippen LogP) is 3.73. The maximum absolute atomic E-state index is 12.2. The summed E-state index contributed by atoms with van der Waals surface area (Å²) in [5.41, 5.74) is 3.67. The highest BCUT2D eigenvalue weighted by Crippen LogP contribution is 2.18. The second-order valence-electron chi connectivity index (χ2n) is 5.07. The smallest absolute Gasteiger partial charge is 0.338 e. The van der Waals surface area contributed by atoms with Gasteiger partial charge in [0.2, 0.25) is 0 Å². The summed E-state index contributed by atoms with van der Waals surface area (Å²) in [5.74, 6) is -0.533. The second-order valence-corrected chi connectivity index (χ2v) is 5.07. The average Bonchev–Trinajstić information content (AvgIpc) is 2.50. The van der Waals surface area contributed by atoms with Crippen LogP contribution in [0.4, 0.5) is 5.69 Å². The molecule has 4 heteroatoms. The topological polar surface area (TPSA) is 55.4 Å². The molecule has 1 amide bonds. The molecule has 0 aromatic heterocycles. The van der Waals surface area contributed by atoms with Crippen LogP contribution in [0.5, 0.6) is 0 Å². The van der Waals surface area contributed by atoms with Gasteiger partial charge in [0.1, 0.15) is 0 Å². The van der Waals surface area contributed by atoms with E-state index in [4.69, 9.17) is 4.74 Å². The van der Waals surface area contributed by atoms with Crippen molar-refractivity contribution in [3.8, 4) is 0 Å². The van der Waals surface area contributed by atoms with Gasteiger partial charge in [-0.1, -0.05) is 17.7 Å². The number of hydrogen-bond acceptors (Lipinski definition) is 3. The molecule has 0 aliphatic heterocycles. The molecule has 0 aliphatic rings. The highest BCUT2D eigenvalue weighted by molar-refractivity contribution is 6.05. The molecule has 1 N–H and O–H groups in total. The van der Waals surface area contributed by atoms with E-state index in [1.165, 1.54) is 0 Å². The van der Waals surface area contributed by atoms with Crippen LogP contribution in [0, 0.1) is 13.8 Å². The molecular formula is C18H19NO3. The van der Waals surface area contributed by atoms with Crippen molar-refractivity contribution in [3.63, 3.8) is 0 Å². The van der Waals surface area contributed by atoms with Gasteiger partial charge in [-0.25, -0.2) is 4.79 Å². The first-order valence-corrected chi connectivity index (χ1v) is 7.17. The fourth-order valence-electron chi connectivity index (χ4n) is 2.04. The van der Waals surface area contributed by atoms with E-state index in [1.807, 2.05) is 26.0 Å². The second kappa shape index (κ2) is 6.89. The standard InChI is InChI=1S/C18H19NO3/c1-4-22-18(21)15-9-10-16(13(3)11-15)19-17(20)14-7-5-12(2)6-8-14/h5-11H,4H2,1-3H3,(H,19,20). The minimum absolute atomic E-state index is 0.174. The van der Waals surface area contributed by atoms with Crippen molar-refractivity contribution in [1.29, 1.82) is 0 Å². The quantitative estimate of drug-likeness (QED) is 0.875. The van der Waals surface area contributed by atoms with E-state index >= 15 is 0 Å². The molecule has 0 unspecified atom stereocenters. The van der Waals surface area contributed by atoms with Crippen LogP contribution in [0.3, 0.4) is 0 Å². The molecule has 0 spiro atoms. The number of ether oxygens (including phenoxy) is 1. The van der Waals surface area contributed by atoms with Crippen molar-refractivity contribution in [2.45, 2.75) is 20.8 Å². The summed E-state index contributed by atoms with van der Waals surface area (Å²) in [6.45, 7) is 5.91. The Morgan fingerprint density at radius 2 is 1.64 bits per heavy atom. The van der Waals surface area contributed by atoms with E-state index in [9.17, 15) is 9.59 Å². The minimum Gasteiger partial charge on any atom is -0.462 e. The van der Waals surface area contributed by atoms with Gasteiger partial charge in [-0.3, -0.25) is 4.79 Å². The molecule has 0 saturated carbocycles. The van der Waals surface area contributed by atoms with Crippen molar-refractivity contribution in [1.82, 2.24) is 0 Å². The van der Waals surface area contributed by atoms with E-state index in [-0.39, 0.29) is 11.9 Å². The molecule has 0 atom stereocenters. The van der Waals surface area contributed by atoms with Crippen molar-refractivity contribution in [2.24, 2.45) is 0 Å². The van der Waals surface area contributed by atoms with Crippen LogP contribution in [0.1, 0.15) is 38.8 Å². The summed E-state index contributed by atoms with van der Waals surface area (Å²) in [7, 11) is 0. The van der Waals surface area contributed by atoms with Crippen molar-refractivity contribution in [2.75, 3.05) is 11.9 Å². The van der Waals surface area contributed by atoms with Gasteiger partial charge in [-0.2, -0.15) is 0 Å². The lowest BCUT2D eigenvalue weighted by molar-refractivity contribution is 0.0526. The molecule has 2 rings (SSSR count). The number of nitrogens with one attached hydrogen (secondary N) is 1. The van der Waals surface area contributed by atoms with E-state index in [0.717, 1.165) is 11.1 Å². The van der Waals surface area contributed by atoms with E-state index in [0.29, 0.717) is 23.4 Å². The van der Waals surface area contributed by atoms with Gasteiger partial charge in [0.25, 0.3) is 5.91 Å². The third-order valence-corrected chi connectivity index (χ3v) is 3.30. The Morgan fingerprint density at radius 1 is 1.00 bits per heavy atom. The fraction of sp³-hybridized carbons (Fsp3) is 0.222. The van der Waals surface area contributed by atoms with Crippen LogP contribution in [0.2, 0.25) is 0 Å². The van der Waals surface area contributed by atoms with Gasteiger partial charge in [0.15, 0.2) is 0 Å². The Hall–Kier alpha value is -2.62. The van der Waals surface area contributed by atoms with Crippen LogP contribution < -0.4 is 5.32 Å². The fourth-order valence-corrected chi connectivity index (χ4v) is 2.04. The van der Waals surface area contributed by atoms with Gasteiger partial charge < -0.3 is 10.1 Å². The van der Waals surface area contributed by atoms with E-state index in [1.54, 1.807) is 37.3 Å². The Balaban J connectivity index is 2.14. The monoisotopic (exact) mass is 297 g/mol. The normalized spacial score (nSPS) is 10.1. The first-order valence-electron chi connectivity index (χ1n) is 7.17. The lowest BCUT2D eigenvalue weighted by Gasteiger charge is -2.10. The van der Waals surface area contributed by atoms with Crippen molar-refractivity contribution in [3.05, 3.63) is 64.7 Å². The number of carbonyl (C=O) groups excluding carboxylic acids is 2. The number of amides is 1. The summed E-state index contributed by atoms with van der Waals surface area (Å²) in [5, 5.41) is 2.85. The molecule has 4 nitrogen and oxygen atoms in total. The zero-order valence-electron chi connectivity index (χ0n) is 13.0. The molecule has 114 valence electrons. The molecule has 0 heterocycles. The molecule has 2 aromatic rings. The number of esters is 1. The number of carbonyl (C=O) groups is 2. The summed E-state index contributed by atoms with van der Waals surface area (Å²) in [4.78, 5) is 23.9. The average molecular weight is 297 g/mol.